The van der Waals surface area contributed by atoms with Crippen LogP contribution in [0.25, 0.3) is 0 Å². The van der Waals surface area contributed by atoms with Crippen molar-refractivity contribution in [2.75, 3.05) is 0 Å². The van der Waals surface area contributed by atoms with Gasteiger partial charge >= 0.3 is 0 Å². The van der Waals surface area contributed by atoms with Crippen LogP contribution in [0.3, 0.4) is 0 Å². The highest BCUT2D eigenvalue weighted by molar-refractivity contribution is 9.10. The van der Waals surface area contributed by atoms with Gasteiger partial charge in [0.05, 0.1) is 6.10 Å². The molecule has 1 unspecified atom stereocenters. The molecule has 0 aliphatic heterocycles. The maximum atomic E-state index is 5.94. The quantitative estimate of drug-likeness (QED) is 0.741. The van der Waals surface area contributed by atoms with Crippen LogP contribution >= 0.6 is 15.9 Å². The van der Waals surface area contributed by atoms with E-state index in [-0.39, 0.29) is 6.29 Å². The van der Waals surface area contributed by atoms with Crippen molar-refractivity contribution in [1.82, 2.24) is 0 Å². The average Bonchev–Trinajstić information content (AvgIpc) is 2.28. The van der Waals surface area contributed by atoms with E-state index in [1.807, 2.05) is 19.1 Å². The van der Waals surface area contributed by atoms with Crippen molar-refractivity contribution in [3.63, 3.8) is 0 Å². The third-order valence-electron chi connectivity index (χ3n) is 3.25. The van der Waals surface area contributed by atoms with Gasteiger partial charge < -0.3 is 9.47 Å². The fraction of sp³-hybridized carbons (Fsp3) is 0.600. The Labute approximate surface area is 118 Å². The van der Waals surface area contributed by atoms with Gasteiger partial charge in [0, 0.05) is 4.47 Å². The third kappa shape index (κ3) is 4.29. The summed E-state index contributed by atoms with van der Waals surface area (Å²) in [6.07, 6.45) is 6.46. The van der Waals surface area contributed by atoms with Crippen LogP contribution in [0, 0.1) is 6.92 Å². The molecule has 0 radical (unpaired) electrons. The Kier molecular flexibility index (Phi) is 5.07. The summed E-state index contributed by atoms with van der Waals surface area (Å²) in [4.78, 5) is 0. The number of aryl methyl sites for hydroxylation is 1. The van der Waals surface area contributed by atoms with Crippen molar-refractivity contribution in [2.24, 2.45) is 0 Å². The first-order valence-corrected chi connectivity index (χ1v) is 7.52. The summed E-state index contributed by atoms with van der Waals surface area (Å²) in [5.41, 5.74) is 1.18. The van der Waals surface area contributed by atoms with Crippen LogP contribution in [0.4, 0.5) is 0 Å². The molecule has 1 saturated carbocycles. The van der Waals surface area contributed by atoms with Crippen LogP contribution < -0.4 is 4.74 Å². The molecular formula is C15H21BrO2. The summed E-state index contributed by atoms with van der Waals surface area (Å²) in [6, 6.07) is 6.08. The van der Waals surface area contributed by atoms with E-state index in [1.54, 1.807) is 0 Å². The zero-order valence-electron chi connectivity index (χ0n) is 11.1. The molecule has 2 rings (SSSR count). The largest absolute Gasteiger partial charge is 0.465 e. The summed E-state index contributed by atoms with van der Waals surface area (Å²) in [5.74, 6) is 0.866. The molecular weight excluding hydrogens is 292 g/mol. The Hall–Kier alpha value is -0.540. The van der Waals surface area contributed by atoms with Gasteiger partial charge in [-0.25, -0.2) is 0 Å². The molecule has 0 heterocycles. The minimum absolute atomic E-state index is 0.179. The van der Waals surface area contributed by atoms with Crippen LogP contribution in [0.15, 0.2) is 22.7 Å². The van der Waals surface area contributed by atoms with Gasteiger partial charge in [-0.15, -0.1) is 0 Å². The average molecular weight is 313 g/mol. The molecule has 1 aromatic rings. The van der Waals surface area contributed by atoms with E-state index in [2.05, 4.69) is 28.9 Å². The molecule has 0 N–H and O–H groups in total. The van der Waals surface area contributed by atoms with Crippen molar-refractivity contribution in [3.8, 4) is 5.75 Å². The topological polar surface area (TPSA) is 18.5 Å². The molecule has 1 atom stereocenters. The molecule has 0 spiro atoms. The van der Waals surface area contributed by atoms with Crippen LogP contribution in [-0.2, 0) is 4.74 Å². The normalized spacial score (nSPS) is 18.6. The van der Waals surface area contributed by atoms with E-state index in [9.17, 15) is 0 Å². The van der Waals surface area contributed by atoms with Crippen molar-refractivity contribution < 1.29 is 9.47 Å². The monoisotopic (exact) mass is 312 g/mol. The summed E-state index contributed by atoms with van der Waals surface area (Å²) < 4.78 is 12.8. The fourth-order valence-electron chi connectivity index (χ4n) is 2.46. The van der Waals surface area contributed by atoms with Crippen LogP contribution in [0.2, 0.25) is 0 Å². The highest BCUT2D eigenvalue weighted by atomic mass is 79.9. The second-order valence-corrected chi connectivity index (χ2v) is 5.96. The first kappa shape index (κ1) is 13.9. The van der Waals surface area contributed by atoms with Crippen molar-refractivity contribution in [3.05, 3.63) is 28.2 Å². The van der Waals surface area contributed by atoms with Crippen LogP contribution in [0.1, 0.15) is 44.6 Å². The zero-order valence-corrected chi connectivity index (χ0v) is 12.7. The third-order valence-corrected chi connectivity index (χ3v) is 3.71. The molecule has 0 saturated heterocycles. The number of halogens is 1. The Morgan fingerprint density at radius 2 is 1.89 bits per heavy atom. The minimum atomic E-state index is -0.179. The molecule has 3 heteroatoms. The maximum absolute atomic E-state index is 5.94. The fourth-order valence-corrected chi connectivity index (χ4v) is 3.05. The van der Waals surface area contributed by atoms with Gasteiger partial charge in [0.1, 0.15) is 5.75 Å². The lowest BCUT2D eigenvalue weighted by Gasteiger charge is -2.26. The van der Waals surface area contributed by atoms with E-state index in [1.165, 1.54) is 37.7 Å². The summed E-state index contributed by atoms with van der Waals surface area (Å²) in [6.45, 7) is 4.04. The molecule has 1 aromatic carbocycles. The minimum Gasteiger partial charge on any atom is -0.465 e. The molecule has 2 nitrogen and oxygen atoms in total. The van der Waals surface area contributed by atoms with Gasteiger partial charge in [-0.3, -0.25) is 0 Å². The van der Waals surface area contributed by atoms with E-state index in [0.717, 1.165) is 10.2 Å². The highest BCUT2D eigenvalue weighted by Gasteiger charge is 2.17. The number of hydrogen-bond acceptors (Lipinski definition) is 2. The molecule has 0 bridgehead atoms. The molecule has 0 amide bonds. The Balaban J connectivity index is 1.87. The number of rotatable bonds is 4. The predicted molar refractivity (Wildman–Crippen MR) is 76.9 cm³/mol. The van der Waals surface area contributed by atoms with E-state index in [0.29, 0.717) is 6.10 Å². The molecule has 1 aliphatic rings. The van der Waals surface area contributed by atoms with E-state index in [4.69, 9.17) is 9.47 Å². The van der Waals surface area contributed by atoms with Crippen LogP contribution in [0.5, 0.6) is 5.75 Å². The molecule has 1 aliphatic carbocycles. The van der Waals surface area contributed by atoms with Gasteiger partial charge in [-0.2, -0.15) is 0 Å². The highest BCUT2D eigenvalue weighted by Crippen LogP contribution is 2.25. The number of ether oxygens (including phenoxy) is 2. The first-order valence-electron chi connectivity index (χ1n) is 6.73. The second kappa shape index (κ2) is 6.58. The Morgan fingerprint density at radius 1 is 1.17 bits per heavy atom. The lowest BCUT2D eigenvalue weighted by atomic mass is 9.98. The smallest absolute Gasteiger partial charge is 0.197 e. The van der Waals surface area contributed by atoms with Crippen molar-refractivity contribution >= 4 is 15.9 Å². The van der Waals surface area contributed by atoms with Crippen molar-refractivity contribution in [1.29, 1.82) is 0 Å². The SMILES string of the molecule is Cc1cc(Br)cc(OC(C)OC2CCCCC2)c1. The molecule has 100 valence electrons. The summed E-state index contributed by atoms with van der Waals surface area (Å²) in [7, 11) is 0. The first-order chi connectivity index (χ1) is 8.63. The maximum Gasteiger partial charge on any atom is 0.197 e. The standard InChI is InChI=1S/C15H21BrO2/c1-11-8-13(16)10-15(9-11)18-12(2)17-14-6-4-3-5-7-14/h8-10,12,14H,3-7H2,1-2H3. The van der Waals surface area contributed by atoms with Gasteiger partial charge in [0.15, 0.2) is 6.29 Å². The van der Waals surface area contributed by atoms with E-state index >= 15 is 0 Å². The van der Waals surface area contributed by atoms with Gasteiger partial charge in [-0.1, -0.05) is 35.2 Å². The molecule has 18 heavy (non-hydrogen) atoms. The van der Waals surface area contributed by atoms with Gasteiger partial charge in [0.2, 0.25) is 0 Å². The van der Waals surface area contributed by atoms with Gasteiger partial charge in [-0.05, 0) is 50.5 Å². The second-order valence-electron chi connectivity index (χ2n) is 5.05. The number of benzene rings is 1. The Bertz CT molecular complexity index is 366. The predicted octanol–water partition coefficient (Wildman–Crippen LogP) is 4.83. The molecule has 1 fully saturated rings. The summed E-state index contributed by atoms with van der Waals surface area (Å²) >= 11 is 3.48. The summed E-state index contributed by atoms with van der Waals surface area (Å²) in [5, 5.41) is 0. The van der Waals surface area contributed by atoms with Gasteiger partial charge in [0.25, 0.3) is 0 Å². The zero-order chi connectivity index (χ0) is 13.0. The van der Waals surface area contributed by atoms with Crippen LogP contribution in [-0.4, -0.2) is 12.4 Å². The Morgan fingerprint density at radius 3 is 2.56 bits per heavy atom. The molecule has 0 aromatic heterocycles. The van der Waals surface area contributed by atoms with E-state index < -0.39 is 0 Å². The lowest BCUT2D eigenvalue weighted by Crippen LogP contribution is -2.26. The number of hydrogen-bond donors (Lipinski definition) is 0. The lowest BCUT2D eigenvalue weighted by molar-refractivity contribution is -0.116. The van der Waals surface area contributed by atoms with Crippen molar-refractivity contribution in [2.45, 2.75) is 58.3 Å².